The van der Waals surface area contributed by atoms with E-state index in [1.807, 2.05) is 0 Å². The van der Waals surface area contributed by atoms with Gasteiger partial charge in [0.2, 0.25) is 0 Å². The molecule has 0 unspecified atom stereocenters. The zero-order valence-electron chi connectivity index (χ0n) is 15.4. The molecule has 2 aliphatic rings. The molecular formula is C20H26O6. The lowest BCUT2D eigenvalue weighted by molar-refractivity contribution is -0.147. The Hall–Kier alpha value is -2.18. The smallest absolute Gasteiger partial charge is 0.334 e. The number of hydrogen-bond donors (Lipinski definition) is 2. The molecule has 1 fully saturated rings. The van der Waals surface area contributed by atoms with Crippen molar-refractivity contribution >= 4 is 11.9 Å². The second-order valence-electron chi connectivity index (χ2n) is 6.88. The fourth-order valence-corrected chi connectivity index (χ4v) is 3.10. The molecule has 5 atom stereocenters. The summed E-state index contributed by atoms with van der Waals surface area (Å²) in [5.41, 5.74) is 1.61. The van der Waals surface area contributed by atoms with Gasteiger partial charge in [-0.15, -0.1) is 0 Å². The van der Waals surface area contributed by atoms with E-state index in [2.05, 4.69) is 13.2 Å². The number of esters is 2. The van der Waals surface area contributed by atoms with Crippen LogP contribution in [0.3, 0.4) is 0 Å². The number of rotatable bonds is 2. The van der Waals surface area contributed by atoms with E-state index < -0.39 is 42.3 Å². The van der Waals surface area contributed by atoms with Gasteiger partial charge >= 0.3 is 11.9 Å². The van der Waals surface area contributed by atoms with Crippen molar-refractivity contribution in [3.05, 3.63) is 47.6 Å². The molecule has 0 aromatic heterocycles. The summed E-state index contributed by atoms with van der Waals surface area (Å²) in [5, 5.41) is 20.5. The lowest BCUT2D eigenvalue weighted by atomic mass is 9.83. The lowest BCUT2D eigenvalue weighted by Gasteiger charge is -2.30. The number of aliphatic hydroxyl groups is 2. The van der Waals surface area contributed by atoms with Gasteiger partial charge in [-0.2, -0.15) is 0 Å². The van der Waals surface area contributed by atoms with Gasteiger partial charge in [0.1, 0.15) is 12.2 Å². The molecule has 1 aliphatic heterocycles. The Morgan fingerprint density at radius 3 is 2.62 bits per heavy atom. The highest BCUT2D eigenvalue weighted by molar-refractivity contribution is 5.92. The van der Waals surface area contributed by atoms with Gasteiger partial charge < -0.3 is 19.7 Å². The Morgan fingerprint density at radius 1 is 1.35 bits per heavy atom. The van der Waals surface area contributed by atoms with Gasteiger partial charge in [-0.25, -0.2) is 9.59 Å². The monoisotopic (exact) mass is 362 g/mol. The molecule has 0 bridgehead atoms. The van der Waals surface area contributed by atoms with Gasteiger partial charge in [0.25, 0.3) is 0 Å². The van der Waals surface area contributed by atoms with Crippen LogP contribution in [-0.4, -0.2) is 46.6 Å². The summed E-state index contributed by atoms with van der Waals surface area (Å²) in [5.74, 6) is -1.68. The van der Waals surface area contributed by atoms with Gasteiger partial charge in [0.15, 0.2) is 0 Å². The summed E-state index contributed by atoms with van der Waals surface area (Å²) in [6.45, 7) is 12.7. The minimum atomic E-state index is -0.958. The normalized spacial score (nSPS) is 35.3. The SMILES string of the molecule is C=C1C(=O)O[C@H]2/C=C(/C)[C@@H](O)C[C@H](O)C(=C)C[C@H](OC(=O)/C(C)=C/C)[C@@H]12. The van der Waals surface area contributed by atoms with Gasteiger partial charge in [0, 0.05) is 24.0 Å². The number of ether oxygens (including phenoxy) is 2. The topological polar surface area (TPSA) is 93.1 Å². The zero-order chi connectivity index (χ0) is 19.6. The first-order valence-corrected chi connectivity index (χ1v) is 8.61. The van der Waals surface area contributed by atoms with Crippen LogP contribution in [0.25, 0.3) is 0 Å². The van der Waals surface area contributed by atoms with Gasteiger partial charge in [-0.1, -0.05) is 19.2 Å². The highest BCUT2D eigenvalue weighted by Gasteiger charge is 2.45. The number of fused-ring (bicyclic) bond motifs is 1. The molecule has 0 aromatic carbocycles. The third-order valence-electron chi connectivity index (χ3n) is 5.01. The average molecular weight is 362 g/mol. The van der Waals surface area contributed by atoms with Crippen molar-refractivity contribution in [3.8, 4) is 0 Å². The molecular weight excluding hydrogens is 336 g/mol. The summed E-state index contributed by atoms with van der Waals surface area (Å²) in [7, 11) is 0. The minimum absolute atomic E-state index is 0.0714. The third-order valence-corrected chi connectivity index (χ3v) is 5.01. The first kappa shape index (κ1) is 20.1. The lowest BCUT2D eigenvalue weighted by Crippen LogP contribution is -2.36. The molecule has 0 amide bonds. The molecule has 0 radical (unpaired) electrons. The molecule has 2 rings (SSSR count). The van der Waals surface area contributed by atoms with Gasteiger partial charge in [0.05, 0.1) is 18.1 Å². The molecule has 1 heterocycles. The fourth-order valence-electron chi connectivity index (χ4n) is 3.10. The van der Waals surface area contributed by atoms with Crippen molar-refractivity contribution < 1.29 is 29.3 Å². The van der Waals surface area contributed by atoms with E-state index in [9.17, 15) is 19.8 Å². The minimum Gasteiger partial charge on any atom is -0.458 e. The first-order valence-electron chi connectivity index (χ1n) is 8.61. The zero-order valence-corrected chi connectivity index (χ0v) is 15.4. The Morgan fingerprint density at radius 2 is 2.00 bits per heavy atom. The Balaban J connectivity index is 2.45. The summed E-state index contributed by atoms with van der Waals surface area (Å²) < 4.78 is 11.0. The van der Waals surface area contributed by atoms with Crippen molar-refractivity contribution in [2.24, 2.45) is 5.92 Å². The van der Waals surface area contributed by atoms with Gasteiger partial charge in [-0.05, 0) is 38.0 Å². The van der Waals surface area contributed by atoms with Crippen LogP contribution in [0.1, 0.15) is 33.6 Å². The van der Waals surface area contributed by atoms with Crippen molar-refractivity contribution in [1.29, 1.82) is 0 Å². The largest absolute Gasteiger partial charge is 0.458 e. The Kier molecular flexibility index (Phi) is 6.21. The van der Waals surface area contributed by atoms with Crippen molar-refractivity contribution in [3.63, 3.8) is 0 Å². The maximum atomic E-state index is 12.3. The molecule has 6 nitrogen and oxygen atoms in total. The van der Waals surface area contributed by atoms with E-state index in [1.54, 1.807) is 32.9 Å². The van der Waals surface area contributed by atoms with E-state index in [0.29, 0.717) is 16.7 Å². The maximum absolute atomic E-state index is 12.3. The quantitative estimate of drug-likeness (QED) is 0.443. The molecule has 1 aliphatic carbocycles. The number of carbonyl (C=O) groups excluding carboxylic acids is 2. The van der Waals surface area contributed by atoms with Crippen molar-refractivity contribution in [1.82, 2.24) is 0 Å². The highest BCUT2D eigenvalue weighted by atomic mass is 16.6. The van der Waals surface area contributed by atoms with Crippen molar-refractivity contribution in [2.75, 3.05) is 0 Å². The van der Waals surface area contributed by atoms with Gasteiger partial charge in [-0.3, -0.25) is 0 Å². The van der Waals surface area contributed by atoms with Crippen LogP contribution in [0.2, 0.25) is 0 Å². The maximum Gasteiger partial charge on any atom is 0.334 e. The van der Waals surface area contributed by atoms with Crippen LogP contribution in [0, 0.1) is 5.92 Å². The summed E-state index contributed by atoms with van der Waals surface area (Å²) in [6.07, 6.45) is 0.173. The van der Waals surface area contributed by atoms with E-state index >= 15 is 0 Å². The highest BCUT2D eigenvalue weighted by Crippen LogP contribution is 2.37. The van der Waals surface area contributed by atoms with E-state index in [0.717, 1.165) is 0 Å². The Bertz CT molecular complexity index is 686. The first-order chi connectivity index (χ1) is 12.1. The third kappa shape index (κ3) is 4.14. The predicted octanol–water partition coefficient (Wildman–Crippen LogP) is 1.98. The van der Waals surface area contributed by atoms with E-state index in [1.165, 1.54) is 0 Å². The van der Waals surface area contributed by atoms with Crippen LogP contribution in [0.5, 0.6) is 0 Å². The molecule has 0 aromatic rings. The molecule has 26 heavy (non-hydrogen) atoms. The average Bonchev–Trinajstić information content (AvgIpc) is 2.86. The van der Waals surface area contributed by atoms with Crippen LogP contribution >= 0.6 is 0 Å². The van der Waals surface area contributed by atoms with Crippen LogP contribution in [-0.2, 0) is 19.1 Å². The van der Waals surface area contributed by atoms with Crippen LogP contribution in [0.4, 0.5) is 0 Å². The fraction of sp³-hybridized carbons (Fsp3) is 0.500. The summed E-state index contributed by atoms with van der Waals surface area (Å²) in [4.78, 5) is 24.3. The molecule has 142 valence electrons. The molecule has 1 saturated heterocycles. The second-order valence-corrected chi connectivity index (χ2v) is 6.88. The number of carbonyl (C=O) groups is 2. The number of aliphatic hydroxyl groups excluding tert-OH is 2. The second kappa shape index (κ2) is 8.01. The van der Waals surface area contributed by atoms with Crippen molar-refractivity contribution in [2.45, 2.75) is 58.0 Å². The predicted molar refractivity (Wildman–Crippen MR) is 96.0 cm³/mol. The standard InChI is InChI=1S/C20H26O6/c1-6-10(2)19(23)25-16-7-11(3)14(21)9-15(22)12(4)8-17-18(16)13(5)20(24)26-17/h6,8,14-18,21-22H,3,5,7,9H2,1-2,4H3/b10-6+,12-8-/t14-,15-,16-,17-,18+/m0/s1. The molecule has 0 spiro atoms. The summed E-state index contributed by atoms with van der Waals surface area (Å²) in [6, 6.07) is 0. The molecule has 6 heteroatoms. The van der Waals surface area contributed by atoms with Crippen LogP contribution < -0.4 is 0 Å². The number of allylic oxidation sites excluding steroid dienone is 1. The van der Waals surface area contributed by atoms with E-state index in [-0.39, 0.29) is 18.4 Å². The number of hydrogen-bond acceptors (Lipinski definition) is 6. The molecule has 0 saturated carbocycles. The summed E-state index contributed by atoms with van der Waals surface area (Å²) >= 11 is 0. The van der Waals surface area contributed by atoms with E-state index in [4.69, 9.17) is 9.47 Å². The Labute approximate surface area is 153 Å². The van der Waals surface area contributed by atoms with Crippen LogP contribution in [0.15, 0.2) is 47.6 Å². The molecule has 2 N–H and O–H groups in total.